The Morgan fingerprint density at radius 2 is 1.78 bits per heavy atom. The maximum Gasteiger partial charge on any atom is 0.171 e. The van der Waals surface area contributed by atoms with Crippen molar-refractivity contribution >= 4 is 5.78 Å². The van der Waals surface area contributed by atoms with E-state index in [-0.39, 0.29) is 28.8 Å². The lowest BCUT2D eigenvalue weighted by atomic mass is 9.43. The third-order valence-electron chi connectivity index (χ3n) is 11.8. The maximum atomic E-state index is 14.0. The largest absolute Gasteiger partial charge is 0.390 e. The van der Waals surface area contributed by atoms with Crippen LogP contribution in [-0.2, 0) is 14.3 Å². The molecule has 180 valence electrons. The van der Waals surface area contributed by atoms with Gasteiger partial charge in [-0.25, -0.2) is 0 Å². The summed E-state index contributed by atoms with van der Waals surface area (Å²) in [5, 5.41) is 20.8. The second kappa shape index (κ2) is 7.02. The van der Waals surface area contributed by atoms with Gasteiger partial charge in [-0.2, -0.15) is 0 Å². The topological polar surface area (TPSA) is 76.0 Å². The Labute approximate surface area is 192 Å². The molecule has 0 bridgehead atoms. The Morgan fingerprint density at radius 3 is 2.50 bits per heavy atom. The maximum absolute atomic E-state index is 14.0. The van der Waals surface area contributed by atoms with Gasteiger partial charge in [-0.15, -0.1) is 0 Å². The number of carbonyl (C=O) groups excluding carboxylic acids is 1. The molecule has 0 aromatic heterocycles. The first kappa shape index (κ1) is 22.0. The van der Waals surface area contributed by atoms with E-state index < -0.39 is 18.0 Å². The molecule has 2 heterocycles. The normalized spacial score (nSPS) is 61.8. The van der Waals surface area contributed by atoms with Crippen molar-refractivity contribution < 1.29 is 24.5 Å². The molecule has 0 unspecified atom stereocenters. The lowest BCUT2D eigenvalue weighted by molar-refractivity contribution is -0.272. The van der Waals surface area contributed by atoms with Gasteiger partial charge >= 0.3 is 0 Å². The van der Waals surface area contributed by atoms with Gasteiger partial charge in [0.25, 0.3) is 0 Å². The summed E-state index contributed by atoms with van der Waals surface area (Å²) in [6.45, 7) is 9.86. The lowest BCUT2D eigenvalue weighted by Crippen LogP contribution is -2.59. The van der Waals surface area contributed by atoms with E-state index in [9.17, 15) is 15.0 Å². The van der Waals surface area contributed by atoms with E-state index in [1.54, 1.807) is 0 Å². The average molecular weight is 447 g/mol. The van der Waals surface area contributed by atoms with Gasteiger partial charge in [-0.3, -0.25) is 4.79 Å². The summed E-state index contributed by atoms with van der Waals surface area (Å²) in [7, 11) is 0. The average Bonchev–Trinajstić information content (AvgIpc) is 3.19. The van der Waals surface area contributed by atoms with Crippen LogP contribution in [-0.4, -0.2) is 46.7 Å². The summed E-state index contributed by atoms with van der Waals surface area (Å²) in [6.07, 6.45) is 6.12. The number of ether oxygens (including phenoxy) is 2. The molecule has 13 atom stereocenters. The molecule has 6 rings (SSSR count). The summed E-state index contributed by atoms with van der Waals surface area (Å²) in [5.41, 5.74) is -0.371. The Balaban J connectivity index is 1.30. The quantitative estimate of drug-likeness (QED) is 0.589. The van der Waals surface area contributed by atoms with Gasteiger partial charge < -0.3 is 19.7 Å². The predicted molar refractivity (Wildman–Crippen MR) is 120 cm³/mol. The highest BCUT2D eigenvalue weighted by Crippen LogP contribution is 2.70. The summed E-state index contributed by atoms with van der Waals surface area (Å²) in [6, 6.07) is 0. The Hall–Kier alpha value is -0.490. The second-order valence-electron chi connectivity index (χ2n) is 13.1. The van der Waals surface area contributed by atoms with Crippen molar-refractivity contribution in [2.45, 2.75) is 103 Å². The summed E-state index contributed by atoms with van der Waals surface area (Å²) in [4.78, 5) is 14.0. The van der Waals surface area contributed by atoms with Gasteiger partial charge in [0.2, 0.25) is 0 Å². The molecule has 0 aromatic rings. The van der Waals surface area contributed by atoms with E-state index in [1.807, 2.05) is 0 Å². The first-order valence-electron chi connectivity index (χ1n) is 13.3. The van der Waals surface area contributed by atoms with Crippen LogP contribution in [0.1, 0.15) is 79.1 Å². The van der Waals surface area contributed by atoms with E-state index >= 15 is 0 Å². The van der Waals surface area contributed by atoms with Gasteiger partial charge in [-0.05, 0) is 73.5 Å². The molecule has 2 saturated heterocycles. The number of carbonyl (C=O) groups is 1. The molecule has 0 amide bonds. The predicted octanol–water partition coefficient (Wildman–Crippen LogP) is 3.94. The van der Waals surface area contributed by atoms with Gasteiger partial charge in [0.1, 0.15) is 5.78 Å². The van der Waals surface area contributed by atoms with Crippen molar-refractivity contribution in [3.63, 3.8) is 0 Å². The standard InChI is InChI=1S/C27H42O5/c1-14-7-8-27(31-13-14)15(2)24-22(32-27)10-19-17-6-5-16-9-20(28)21(29)12-25(16,3)18(17)11-23(30)26(19,24)4/h14-22,24,28-29H,5-13H2,1-4H3/t14-,15-,16-,17+,18-,19-,20-,21+,22+,24-,25-,26+,27+/m0/s1. The van der Waals surface area contributed by atoms with Crippen LogP contribution in [0.5, 0.6) is 0 Å². The third-order valence-corrected chi connectivity index (χ3v) is 11.8. The number of fused-ring (bicyclic) bond motifs is 7. The fourth-order valence-electron chi connectivity index (χ4n) is 9.97. The fourth-order valence-corrected chi connectivity index (χ4v) is 9.97. The van der Waals surface area contributed by atoms with Crippen LogP contribution in [0, 0.1) is 52.3 Å². The van der Waals surface area contributed by atoms with Gasteiger partial charge in [0.05, 0.1) is 24.9 Å². The van der Waals surface area contributed by atoms with E-state index in [2.05, 4.69) is 27.7 Å². The zero-order chi connectivity index (χ0) is 22.6. The summed E-state index contributed by atoms with van der Waals surface area (Å²) in [5.74, 6) is 2.64. The molecule has 2 aliphatic heterocycles. The molecule has 2 N–H and O–H groups in total. The third kappa shape index (κ3) is 2.69. The smallest absolute Gasteiger partial charge is 0.171 e. The highest BCUT2D eigenvalue weighted by atomic mass is 16.7. The van der Waals surface area contributed by atoms with Crippen molar-refractivity contribution in [1.29, 1.82) is 0 Å². The first-order valence-corrected chi connectivity index (χ1v) is 13.3. The molecule has 4 saturated carbocycles. The Kier molecular flexibility index (Phi) is 4.83. The molecule has 1 spiro atoms. The molecule has 32 heavy (non-hydrogen) atoms. The summed E-state index contributed by atoms with van der Waals surface area (Å²) >= 11 is 0. The monoisotopic (exact) mass is 446 g/mol. The Bertz CT molecular complexity index is 789. The number of hydrogen-bond acceptors (Lipinski definition) is 5. The van der Waals surface area contributed by atoms with Crippen LogP contribution < -0.4 is 0 Å². The van der Waals surface area contributed by atoms with Crippen molar-refractivity contribution in [3.8, 4) is 0 Å². The zero-order valence-electron chi connectivity index (χ0n) is 20.3. The summed E-state index contributed by atoms with van der Waals surface area (Å²) < 4.78 is 13.2. The number of hydrogen-bond donors (Lipinski definition) is 2. The Morgan fingerprint density at radius 1 is 1.00 bits per heavy atom. The lowest BCUT2D eigenvalue weighted by Gasteiger charge is -2.61. The number of aliphatic hydroxyl groups excluding tert-OH is 2. The van der Waals surface area contributed by atoms with Crippen LogP contribution in [0.25, 0.3) is 0 Å². The SMILES string of the molecule is C[C@H]1CC[C@@]2(OC1)O[C@@H]1C[C@H]3[C@@H]4CC[C@H]5C[C@H](O)[C@H](O)C[C@]5(C)[C@H]4CC(=O)[C@]3(C)[C@H]1[C@@H]2C. The number of aliphatic hydroxyl groups is 2. The minimum Gasteiger partial charge on any atom is -0.390 e. The van der Waals surface area contributed by atoms with Gasteiger partial charge in [0, 0.05) is 30.1 Å². The van der Waals surface area contributed by atoms with Crippen molar-refractivity contribution in [1.82, 2.24) is 0 Å². The van der Waals surface area contributed by atoms with Crippen LogP contribution in [0.15, 0.2) is 0 Å². The number of rotatable bonds is 0. The van der Waals surface area contributed by atoms with E-state index in [0.717, 1.165) is 38.7 Å². The number of ketones is 1. The molecule has 5 nitrogen and oxygen atoms in total. The van der Waals surface area contributed by atoms with Crippen molar-refractivity contribution in [2.24, 2.45) is 52.3 Å². The van der Waals surface area contributed by atoms with E-state index in [4.69, 9.17) is 9.47 Å². The van der Waals surface area contributed by atoms with Crippen LogP contribution in [0.3, 0.4) is 0 Å². The molecular formula is C27H42O5. The van der Waals surface area contributed by atoms with Crippen LogP contribution in [0.2, 0.25) is 0 Å². The minimum atomic E-state index is -0.657. The number of Topliss-reactive ketones (excluding diaryl/α,β-unsaturated/α-hetero) is 1. The van der Waals surface area contributed by atoms with Crippen molar-refractivity contribution in [3.05, 3.63) is 0 Å². The minimum absolute atomic E-state index is 0.0490. The van der Waals surface area contributed by atoms with E-state index in [1.165, 1.54) is 0 Å². The molecule has 6 aliphatic rings. The molecular weight excluding hydrogens is 404 g/mol. The molecule has 0 radical (unpaired) electrons. The van der Waals surface area contributed by atoms with Crippen LogP contribution >= 0.6 is 0 Å². The molecule has 4 aliphatic carbocycles. The first-order chi connectivity index (χ1) is 15.1. The highest BCUT2D eigenvalue weighted by molar-refractivity contribution is 5.87. The fraction of sp³-hybridized carbons (Fsp3) is 0.963. The second-order valence-corrected chi connectivity index (χ2v) is 13.1. The molecule has 6 fully saturated rings. The zero-order valence-corrected chi connectivity index (χ0v) is 20.3. The van der Waals surface area contributed by atoms with Gasteiger partial charge in [0.15, 0.2) is 5.79 Å². The van der Waals surface area contributed by atoms with E-state index in [0.29, 0.717) is 54.6 Å². The van der Waals surface area contributed by atoms with Crippen LogP contribution in [0.4, 0.5) is 0 Å². The molecule has 0 aromatic carbocycles. The molecule has 5 heteroatoms. The van der Waals surface area contributed by atoms with Gasteiger partial charge in [-0.1, -0.05) is 27.7 Å². The highest BCUT2D eigenvalue weighted by Gasteiger charge is 2.71. The van der Waals surface area contributed by atoms with Crippen molar-refractivity contribution in [2.75, 3.05) is 6.61 Å².